The van der Waals surface area contributed by atoms with E-state index in [-0.39, 0.29) is 17.5 Å². The van der Waals surface area contributed by atoms with E-state index in [1.807, 2.05) is 5.40 Å². The topological polar surface area (TPSA) is 64.3 Å². The number of alkyl halides is 2. The second-order valence-corrected chi connectivity index (χ2v) is 7.04. The molecular weight excluding hydrogens is 358 g/mol. The van der Waals surface area contributed by atoms with Crippen molar-refractivity contribution in [3.8, 4) is 5.40 Å². The summed E-state index contributed by atoms with van der Waals surface area (Å²) >= 11 is 1.18. The molecule has 1 unspecified atom stereocenters. The fraction of sp³-hybridized carbons (Fsp3) is 0.474. The van der Waals surface area contributed by atoms with E-state index < -0.39 is 12.0 Å². The number of benzene rings is 1. The van der Waals surface area contributed by atoms with Crippen molar-refractivity contribution in [1.82, 2.24) is 4.90 Å². The summed E-state index contributed by atoms with van der Waals surface area (Å²) in [5.74, 6) is -2.68. The molecule has 140 valence electrons. The monoisotopic (exact) mass is 380 g/mol. The molecule has 1 aliphatic heterocycles. The molecule has 1 saturated heterocycles. The lowest BCUT2D eigenvalue weighted by Gasteiger charge is -2.24. The Morgan fingerprint density at radius 3 is 2.81 bits per heavy atom. The van der Waals surface area contributed by atoms with Crippen molar-refractivity contribution in [3.05, 3.63) is 48.0 Å². The SMILES string of the molecule is N#CSCCCCN1C(=O)CC[C@@H]1C=CC(O)C(F)(F)c1ccccc1. The highest BCUT2D eigenvalue weighted by atomic mass is 32.2. The Balaban J connectivity index is 1.94. The van der Waals surface area contributed by atoms with Crippen molar-refractivity contribution in [3.63, 3.8) is 0 Å². The van der Waals surface area contributed by atoms with E-state index in [4.69, 9.17) is 5.26 Å². The van der Waals surface area contributed by atoms with Gasteiger partial charge in [-0.05, 0) is 31.0 Å². The van der Waals surface area contributed by atoms with E-state index >= 15 is 0 Å². The molecular formula is C19H22F2N2O2S. The van der Waals surface area contributed by atoms with Gasteiger partial charge in [0.15, 0.2) is 0 Å². The van der Waals surface area contributed by atoms with Crippen LogP contribution in [0.1, 0.15) is 31.2 Å². The Labute approximate surface area is 156 Å². The highest BCUT2D eigenvalue weighted by Crippen LogP contribution is 2.32. The first kappa shape index (κ1) is 20.4. The first-order valence-corrected chi connectivity index (χ1v) is 9.55. The number of carbonyl (C=O) groups is 1. The molecule has 1 aliphatic rings. The Morgan fingerprint density at radius 1 is 1.38 bits per heavy atom. The van der Waals surface area contributed by atoms with Crippen LogP contribution >= 0.6 is 11.8 Å². The fourth-order valence-electron chi connectivity index (χ4n) is 2.93. The summed E-state index contributed by atoms with van der Waals surface area (Å²) in [5.41, 5.74) is -0.244. The van der Waals surface area contributed by atoms with Crippen molar-refractivity contribution in [2.24, 2.45) is 0 Å². The van der Waals surface area contributed by atoms with E-state index in [0.29, 0.717) is 25.1 Å². The van der Waals surface area contributed by atoms with Crippen LogP contribution in [0.15, 0.2) is 42.5 Å². The number of likely N-dealkylation sites (tertiary alicyclic amines) is 1. The number of thiocyanates is 1. The molecule has 0 bridgehead atoms. The summed E-state index contributed by atoms with van der Waals surface area (Å²) in [6.45, 7) is 0.533. The molecule has 0 radical (unpaired) electrons. The van der Waals surface area contributed by atoms with E-state index in [0.717, 1.165) is 18.9 Å². The van der Waals surface area contributed by atoms with Crippen molar-refractivity contribution in [2.45, 2.75) is 43.8 Å². The molecule has 4 nitrogen and oxygen atoms in total. The Hall–Kier alpha value is -1.91. The largest absolute Gasteiger partial charge is 0.382 e. The molecule has 0 aliphatic carbocycles. The first-order valence-electron chi connectivity index (χ1n) is 8.57. The highest BCUT2D eigenvalue weighted by molar-refractivity contribution is 8.03. The number of aliphatic hydroxyl groups excluding tert-OH is 1. The molecule has 0 aromatic heterocycles. The highest BCUT2D eigenvalue weighted by Gasteiger charge is 2.39. The molecule has 1 aromatic rings. The zero-order chi connectivity index (χ0) is 19.0. The van der Waals surface area contributed by atoms with Gasteiger partial charge in [0.05, 0.1) is 6.04 Å². The minimum Gasteiger partial charge on any atom is -0.382 e. The van der Waals surface area contributed by atoms with Gasteiger partial charge < -0.3 is 10.0 Å². The maximum Gasteiger partial charge on any atom is 0.302 e. The number of amides is 1. The van der Waals surface area contributed by atoms with Crippen LogP contribution in [0.4, 0.5) is 8.78 Å². The number of halogens is 2. The third-order valence-corrected chi connectivity index (χ3v) is 5.00. The van der Waals surface area contributed by atoms with Crippen LogP contribution in [0, 0.1) is 10.7 Å². The van der Waals surface area contributed by atoms with E-state index in [2.05, 4.69) is 0 Å². The molecule has 0 saturated carbocycles. The van der Waals surface area contributed by atoms with Gasteiger partial charge in [-0.25, -0.2) is 0 Å². The number of nitrogens with zero attached hydrogens (tertiary/aromatic N) is 2. The van der Waals surface area contributed by atoms with Crippen molar-refractivity contribution < 1.29 is 18.7 Å². The van der Waals surface area contributed by atoms with Gasteiger partial charge in [-0.15, -0.1) is 0 Å². The van der Waals surface area contributed by atoms with Crippen molar-refractivity contribution in [1.29, 1.82) is 5.26 Å². The molecule has 1 aromatic carbocycles. The maximum atomic E-state index is 14.3. The number of nitriles is 1. The normalized spacial score (nSPS) is 19.1. The number of aliphatic hydroxyl groups is 1. The second-order valence-electron chi connectivity index (χ2n) is 6.16. The standard InChI is InChI=1S/C19H22F2N2O2S/c20-19(21,15-6-2-1-3-7-15)17(24)10-8-16-9-11-18(25)23(16)12-4-5-13-26-14-22/h1-3,6-8,10,16-17,24H,4-5,9,11-13H2/t16-,17?/m0/s1. The van der Waals surface area contributed by atoms with Gasteiger partial charge in [-0.3, -0.25) is 4.79 Å². The van der Waals surface area contributed by atoms with Gasteiger partial charge in [0.1, 0.15) is 11.5 Å². The quantitative estimate of drug-likeness (QED) is 0.403. The van der Waals surface area contributed by atoms with Crippen LogP contribution in [-0.4, -0.2) is 40.4 Å². The smallest absolute Gasteiger partial charge is 0.302 e. The molecule has 0 spiro atoms. The summed E-state index contributed by atoms with van der Waals surface area (Å²) in [7, 11) is 0. The fourth-order valence-corrected chi connectivity index (χ4v) is 3.37. The lowest BCUT2D eigenvalue weighted by atomic mass is 10.0. The van der Waals surface area contributed by atoms with Crippen LogP contribution < -0.4 is 0 Å². The van der Waals surface area contributed by atoms with Gasteiger partial charge in [0.2, 0.25) is 5.91 Å². The number of unbranched alkanes of at least 4 members (excludes halogenated alkanes) is 1. The average Bonchev–Trinajstić information content (AvgIpc) is 3.00. The molecule has 1 amide bonds. The number of carbonyl (C=O) groups excluding carboxylic acids is 1. The van der Waals surface area contributed by atoms with Crippen LogP contribution in [0.25, 0.3) is 0 Å². The molecule has 2 rings (SSSR count). The summed E-state index contributed by atoms with van der Waals surface area (Å²) in [6.07, 6.45) is 3.17. The first-order chi connectivity index (χ1) is 12.5. The predicted octanol–water partition coefficient (Wildman–Crippen LogP) is 3.68. The lowest BCUT2D eigenvalue weighted by Crippen LogP contribution is -2.34. The van der Waals surface area contributed by atoms with Gasteiger partial charge in [0.25, 0.3) is 0 Å². The maximum absolute atomic E-state index is 14.3. The zero-order valence-corrected chi connectivity index (χ0v) is 15.2. The second kappa shape index (κ2) is 9.70. The Morgan fingerprint density at radius 2 is 2.12 bits per heavy atom. The average molecular weight is 380 g/mol. The number of hydrogen-bond donors (Lipinski definition) is 1. The van der Waals surface area contributed by atoms with Crippen LogP contribution in [0.2, 0.25) is 0 Å². The summed E-state index contributed by atoms with van der Waals surface area (Å²) in [5, 5.41) is 20.4. The predicted molar refractivity (Wildman–Crippen MR) is 97.5 cm³/mol. The zero-order valence-electron chi connectivity index (χ0n) is 14.4. The number of hydrogen-bond acceptors (Lipinski definition) is 4. The molecule has 1 fully saturated rings. The number of thioether (sulfide) groups is 1. The van der Waals surface area contributed by atoms with Crippen LogP contribution in [0.5, 0.6) is 0 Å². The summed E-state index contributed by atoms with van der Waals surface area (Å²) in [4.78, 5) is 13.7. The van der Waals surface area contributed by atoms with Gasteiger partial charge >= 0.3 is 5.92 Å². The minimum atomic E-state index is -3.39. The van der Waals surface area contributed by atoms with Gasteiger partial charge in [0, 0.05) is 24.3 Å². The third kappa shape index (κ3) is 5.29. The Kier molecular flexibility index (Phi) is 7.61. The minimum absolute atomic E-state index is 0.00287. The number of rotatable bonds is 9. The van der Waals surface area contributed by atoms with Crippen molar-refractivity contribution >= 4 is 17.7 Å². The molecule has 26 heavy (non-hydrogen) atoms. The van der Waals surface area contributed by atoms with E-state index in [9.17, 15) is 18.7 Å². The van der Waals surface area contributed by atoms with Crippen molar-refractivity contribution in [2.75, 3.05) is 12.3 Å². The van der Waals surface area contributed by atoms with Gasteiger partial charge in [-0.1, -0.05) is 42.5 Å². The molecule has 7 heteroatoms. The molecule has 1 heterocycles. The van der Waals surface area contributed by atoms with Crippen LogP contribution in [0.3, 0.4) is 0 Å². The summed E-state index contributed by atoms with van der Waals surface area (Å²) in [6, 6.07) is 6.93. The summed E-state index contributed by atoms with van der Waals surface area (Å²) < 4.78 is 28.6. The van der Waals surface area contributed by atoms with E-state index in [1.54, 1.807) is 11.0 Å². The molecule has 1 N–H and O–H groups in total. The Bertz CT molecular complexity index is 661. The van der Waals surface area contributed by atoms with Crippen LogP contribution in [-0.2, 0) is 10.7 Å². The van der Waals surface area contributed by atoms with E-state index in [1.165, 1.54) is 42.1 Å². The third-order valence-electron chi connectivity index (χ3n) is 4.38. The molecule has 2 atom stereocenters. The van der Waals surface area contributed by atoms with Gasteiger partial charge in [-0.2, -0.15) is 14.0 Å². The lowest BCUT2D eigenvalue weighted by molar-refractivity contribution is -0.128.